The van der Waals surface area contributed by atoms with Crippen LogP contribution in [-0.4, -0.2) is 69.2 Å². The Kier molecular flexibility index (Phi) is 7.92. The van der Waals surface area contributed by atoms with Crippen molar-refractivity contribution in [3.63, 3.8) is 0 Å². The average molecular weight is 661 g/mol. The molecule has 0 atom stereocenters. The second kappa shape index (κ2) is 11.7. The number of Topliss-reactive ketones (excluding diaryl/α,β-unsaturated/α-hetero) is 1. The molecule has 13 heteroatoms. The number of nitrogens with one attached hydrogen (secondary N) is 1. The molecule has 0 saturated carbocycles. The smallest absolute Gasteiger partial charge is 0.230 e. The molecule has 1 aliphatic rings. The molecular weight excluding hydrogens is 628 g/mol. The Bertz CT molecular complexity index is 2330. The Morgan fingerprint density at radius 1 is 0.851 bits per heavy atom. The first-order valence-corrected chi connectivity index (χ1v) is 15.6. The summed E-state index contributed by atoms with van der Waals surface area (Å²) < 4.78 is 23.2. The molecule has 0 spiro atoms. The number of phenolic OH excluding ortho intramolecular Hbond substituents is 2. The van der Waals surface area contributed by atoms with Crippen LogP contribution in [0.4, 0.5) is 0 Å². The van der Waals surface area contributed by atoms with Gasteiger partial charge in [0.1, 0.15) is 11.5 Å². The number of thioether (sulfide) groups is 1. The molecule has 0 aliphatic heterocycles. The predicted octanol–water partition coefficient (Wildman–Crippen LogP) is 3.43. The van der Waals surface area contributed by atoms with Crippen LogP contribution < -0.4 is 40.9 Å². The van der Waals surface area contributed by atoms with E-state index < -0.39 is 22.4 Å². The number of ketones is 1. The van der Waals surface area contributed by atoms with E-state index in [0.717, 1.165) is 11.8 Å². The van der Waals surface area contributed by atoms with E-state index in [0.29, 0.717) is 27.3 Å². The molecule has 12 nitrogen and oxygen atoms in total. The average Bonchev–Trinajstić information content (AvgIpc) is 3.17. The van der Waals surface area contributed by atoms with Crippen LogP contribution in [0.5, 0.6) is 34.5 Å². The van der Waals surface area contributed by atoms with Crippen LogP contribution in [0.1, 0.15) is 25.0 Å². The molecule has 5 aromatic rings. The maximum Gasteiger partial charge on any atom is 0.230 e. The fourth-order valence-electron chi connectivity index (χ4n) is 7.04. The van der Waals surface area contributed by atoms with E-state index in [1.165, 1.54) is 41.4 Å². The Balaban J connectivity index is 2.02. The third-order valence-corrected chi connectivity index (χ3v) is 9.76. The molecule has 0 unspecified atom stereocenters. The number of benzene rings is 5. The number of fused-ring (bicyclic) bond motifs is 1. The van der Waals surface area contributed by atoms with Crippen molar-refractivity contribution in [2.24, 2.45) is 5.73 Å². The lowest BCUT2D eigenvalue weighted by Gasteiger charge is -2.25. The monoisotopic (exact) mass is 660 g/mol. The van der Waals surface area contributed by atoms with Gasteiger partial charge in [0.05, 0.1) is 49.9 Å². The SMILES string of the molecule is COc1c(O)c2c(=O)cc(OC)c3c4c(OC)c(SCC(=O)NCCN)c(=O)c5c(O)c(OC)c6c(c(c1CC(C)=C6C(C)=O)c23)c54. The minimum Gasteiger partial charge on any atom is -0.504 e. The van der Waals surface area contributed by atoms with E-state index in [1.807, 2.05) is 0 Å². The zero-order valence-corrected chi connectivity index (χ0v) is 27.4. The number of aromatic hydroxyl groups is 2. The van der Waals surface area contributed by atoms with Gasteiger partial charge in [-0.25, -0.2) is 0 Å². The van der Waals surface area contributed by atoms with Gasteiger partial charge < -0.3 is 40.2 Å². The van der Waals surface area contributed by atoms with Gasteiger partial charge in [-0.05, 0) is 25.7 Å². The molecule has 6 rings (SSSR count). The maximum absolute atomic E-state index is 14.5. The fraction of sp³-hybridized carbons (Fsp3) is 0.294. The van der Waals surface area contributed by atoms with Crippen LogP contribution in [0, 0.1) is 0 Å². The summed E-state index contributed by atoms with van der Waals surface area (Å²) in [5, 5.41) is 27.8. The third-order valence-electron chi connectivity index (χ3n) is 8.70. The van der Waals surface area contributed by atoms with Crippen LogP contribution in [0.25, 0.3) is 48.7 Å². The number of nitrogens with two attached hydrogens (primary N) is 1. The van der Waals surface area contributed by atoms with E-state index in [1.54, 1.807) is 6.92 Å². The number of amides is 1. The molecule has 0 fully saturated rings. The van der Waals surface area contributed by atoms with E-state index in [-0.39, 0.29) is 103 Å². The summed E-state index contributed by atoms with van der Waals surface area (Å²) in [6, 6.07) is 1.23. The predicted molar refractivity (Wildman–Crippen MR) is 181 cm³/mol. The molecule has 0 aromatic heterocycles. The number of carbonyl (C=O) groups excluding carboxylic acids is 2. The lowest BCUT2D eigenvalue weighted by Crippen LogP contribution is -2.30. The topological polar surface area (TPSA) is 184 Å². The first-order valence-electron chi connectivity index (χ1n) is 14.6. The van der Waals surface area contributed by atoms with Gasteiger partial charge in [-0.2, -0.15) is 0 Å². The molecule has 0 bridgehead atoms. The quantitative estimate of drug-likeness (QED) is 0.0974. The molecule has 0 saturated heterocycles. The maximum atomic E-state index is 14.5. The van der Waals surface area contributed by atoms with Crippen molar-refractivity contribution in [3.05, 3.63) is 43.2 Å². The first-order chi connectivity index (χ1) is 22.5. The highest BCUT2D eigenvalue weighted by Gasteiger charge is 2.37. The van der Waals surface area contributed by atoms with E-state index >= 15 is 0 Å². The van der Waals surface area contributed by atoms with Gasteiger partial charge in [0.15, 0.2) is 34.2 Å². The Labute approximate surface area is 271 Å². The highest BCUT2D eigenvalue weighted by atomic mass is 32.2. The van der Waals surface area contributed by atoms with Gasteiger partial charge in [0.25, 0.3) is 0 Å². The van der Waals surface area contributed by atoms with Crippen molar-refractivity contribution >= 4 is 72.1 Å². The summed E-state index contributed by atoms with van der Waals surface area (Å²) >= 11 is 0.904. The number of carbonyl (C=O) groups is 2. The highest BCUT2D eigenvalue weighted by molar-refractivity contribution is 8.00. The molecule has 5 aromatic carbocycles. The standard InChI is InChI=1S/C34H32N2O10S/c1-12-9-14-19-22-20(28(40)31(14)44-4)15(38)10-16(43-3)21(22)26-24-23(19)25(18(12)13(2)37)32(45-5)29(41)27(24)30(42)34(33(26)46-6)47-11-17(39)36-8-7-35/h10,40-41H,7-9,11,35H2,1-6H3,(H,36,39). The lowest BCUT2D eigenvalue weighted by atomic mass is 9.82. The summed E-state index contributed by atoms with van der Waals surface area (Å²) in [7, 11) is 5.43. The van der Waals surface area contributed by atoms with Gasteiger partial charge in [-0.15, -0.1) is 11.8 Å². The van der Waals surface area contributed by atoms with Crippen LogP contribution in [0.2, 0.25) is 0 Å². The van der Waals surface area contributed by atoms with Gasteiger partial charge >= 0.3 is 0 Å². The second-order valence-electron chi connectivity index (χ2n) is 11.2. The minimum atomic E-state index is -0.642. The molecule has 47 heavy (non-hydrogen) atoms. The zero-order chi connectivity index (χ0) is 34.1. The van der Waals surface area contributed by atoms with Crippen LogP contribution in [0.15, 0.2) is 26.1 Å². The Morgan fingerprint density at radius 2 is 1.49 bits per heavy atom. The van der Waals surface area contributed by atoms with Crippen molar-refractivity contribution in [2.75, 3.05) is 47.3 Å². The van der Waals surface area contributed by atoms with Crippen LogP contribution in [-0.2, 0) is 16.0 Å². The molecule has 0 heterocycles. The van der Waals surface area contributed by atoms with E-state index in [4.69, 9.17) is 24.7 Å². The molecular formula is C34H32N2O10S. The Hall–Kier alpha value is -5.01. The molecule has 244 valence electrons. The van der Waals surface area contributed by atoms with Crippen molar-refractivity contribution in [1.82, 2.24) is 5.32 Å². The number of phenols is 2. The van der Waals surface area contributed by atoms with Crippen molar-refractivity contribution in [2.45, 2.75) is 25.2 Å². The van der Waals surface area contributed by atoms with Gasteiger partial charge in [0.2, 0.25) is 11.3 Å². The summed E-state index contributed by atoms with van der Waals surface area (Å²) in [4.78, 5) is 54.3. The number of hydrogen-bond donors (Lipinski definition) is 4. The lowest BCUT2D eigenvalue weighted by molar-refractivity contribution is -0.118. The van der Waals surface area contributed by atoms with Crippen LogP contribution >= 0.6 is 11.8 Å². The summed E-state index contributed by atoms with van der Waals surface area (Å²) in [6.45, 7) is 3.60. The second-order valence-corrected chi connectivity index (χ2v) is 12.2. The van der Waals surface area contributed by atoms with Crippen LogP contribution in [0.3, 0.4) is 0 Å². The first kappa shape index (κ1) is 32.0. The largest absolute Gasteiger partial charge is 0.504 e. The number of methoxy groups -OCH3 is 4. The summed E-state index contributed by atoms with van der Waals surface area (Å²) in [5.74, 6) is -1.72. The molecule has 0 radical (unpaired) electrons. The number of ether oxygens (including phenoxy) is 4. The van der Waals surface area contributed by atoms with E-state index in [9.17, 15) is 29.4 Å². The summed E-state index contributed by atoms with van der Waals surface area (Å²) in [5.41, 5.74) is 5.82. The third kappa shape index (κ3) is 4.33. The van der Waals surface area contributed by atoms with Crippen molar-refractivity contribution < 1.29 is 38.7 Å². The number of rotatable bonds is 10. The van der Waals surface area contributed by atoms with Crippen molar-refractivity contribution in [3.8, 4) is 34.5 Å². The van der Waals surface area contributed by atoms with Gasteiger partial charge in [0, 0.05) is 62.8 Å². The fourth-order valence-corrected chi connectivity index (χ4v) is 7.97. The van der Waals surface area contributed by atoms with Gasteiger partial charge in [-0.1, -0.05) is 5.57 Å². The highest BCUT2D eigenvalue weighted by Crippen LogP contribution is 2.58. The number of hydrogen-bond acceptors (Lipinski definition) is 12. The molecule has 5 N–H and O–H groups in total. The molecule has 1 amide bonds. The normalized spacial score (nSPS) is 12.8. The van der Waals surface area contributed by atoms with Crippen molar-refractivity contribution in [1.29, 1.82) is 0 Å². The van der Waals surface area contributed by atoms with Gasteiger partial charge in [-0.3, -0.25) is 19.2 Å². The Morgan fingerprint density at radius 3 is 2.09 bits per heavy atom. The summed E-state index contributed by atoms with van der Waals surface area (Å²) in [6.07, 6.45) is 0.115. The minimum absolute atomic E-state index is 0.00477. The van der Waals surface area contributed by atoms with E-state index in [2.05, 4.69) is 5.32 Å². The zero-order valence-electron chi connectivity index (χ0n) is 26.6. The number of allylic oxidation sites excluding steroid dienone is 2. The molecule has 1 aliphatic carbocycles.